The molecule has 4 amide bonds. The summed E-state index contributed by atoms with van der Waals surface area (Å²) in [5.74, 6) is -3.99. The van der Waals surface area contributed by atoms with E-state index < -0.39 is 72.4 Å². The van der Waals surface area contributed by atoms with Gasteiger partial charge in [0, 0.05) is 34.6 Å². The van der Waals surface area contributed by atoms with Crippen molar-refractivity contribution < 1.29 is 64.5 Å². The number of rotatable bonds is 15. The molecular formula is C40H40F6N4O8. The molecule has 12 nitrogen and oxygen atoms in total. The number of alkyl halides is 6. The van der Waals surface area contributed by atoms with E-state index in [0.717, 1.165) is 36.4 Å². The number of carbonyl (C=O) groups is 4. The highest BCUT2D eigenvalue weighted by Gasteiger charge is 2.33. The van der Waals surface area contributed by atoms with Crippen LogP contribution in [0.4, 0.5) is 37.7 Å². The Kier molecular flexibility index (Phi) is 14.2. The Morgan fingerprint density at radius 1 is 0.569 bits per heavy atom. The Morgan fingerprint density at radius 3 is 1.24 bits per heavy atom. The Hall–Kier alpha value is -6.46. The lowest BCUT2D eigenvalue weighted by Crippen LogP contribution is -2.32. The number of carbonyl (C=O) groups excluding carboxylic acids is 4. The van der Waals surface area contributed by atoms with Crippen LogP contribution >= 0.6 is 0 Å². The van der Waals surface area contributed by atoms with Crippen LogP contribution in [-0.4, -0.2) is 63.1 Å². The van der Waals surface area contributed by atoms with E-state index in [4.69, 9.17) is 18.9 Å². The second-order valence-electron chi connectivity index (χ2n) is 13.1. The lowest BCUT2D eigenvalue weighted by atomic mass is 9.91. The summed E-state index contributed by atoms with van der Waals surface area (Å²) in [5, 5.41) is 10.2. The fraction of sp³-hybridized carbons (Fsp3) is 0.300. The molecule has 0 aliphatic rings. The Labute approximate surface area is 329 Å². The third-order valence-corrected chi connectivity index (χ3v) is 7.90. The summed E-state index contributed by atoms with van der Waals surface area (Å²) >= 11 is 0. The van der Waals surface area contributed by atoms with Gasteiger partial charge in [-0.1, -0.05) is 12.1 Å². The van der Waals surface area contributed by atoms with Crippen molar-refractivity contribution in [3.8, 4) is 34.1 Å². The van der Waals surface area contributed by atoms with Crippen LogP contribution in [0.3, 0.4) is 0 Å². The quantitative estimate of drug-likeness (QED) is 0.0891. The maximum atomic E-state index is 13.9. The van der Waals surface area contributed by atoms with Crippen molar-refractivity contribution in [1.82, 2.24) is 10.6 Å². The van der Waals surface area contributed by atoms with E-state index >= 15 is 0 Å². The molecule has 0 spiro atoms. The molecule has 4 aromatic carbocycles. The minimum atomic E-state index is -4.69. The van der Waals surface area contributed by atoms with Gasteiger partial charge in [-0.25, -0.2) is 0 Å². The van der Waals surface area contributed by atoms with E-state index in [0.29, 0.717) is 0 Å². The van der Waals surface area contributed by atoms with Gasteiger partial charge in [0.1, 0.15) is 0 Å². The molecule has 0 aliphatic heterocycles. The lowest BCUT2D eigenvalue weighted by molar-refractivity contribution is -0.138. The van der Waals surface area contributed by atoms with Gasteiger partial charge in [-0.2, -0.15) is 26.3 Å². The number of hydrogen-bond donors (Lipinski definition) is 4. The highest BCUT2D eigenvalue weighted by Crippen LogP contribution is 2.49. The van der Waals surface area contributed by atoms with Gasteiger partial charge < -0.3 is 40.2 Å². The van der Waals surface area contributed by atoms with Crippen molar-refractivity contribution >= 4 is 35.0 Å². The van der Waals surface area contributed by atoms with Crippen molar-refractivity contribution in [2.75, 3.05) is 38.1 Å². The van der Waals surface area contributed by atoms with Crippen LogP contribution in [0.1, 0.15) is 59.5 Å². The fourth-order valence-corrected chi connectivity index (χ4v) is 5.51. The van der Waals surface area contributed by atoms with Crippen LogP contribution in [0, 0.1) is 0 Å². The van der Waals surface area contributed by atoms with Gasteiger partial charge in [-0.05, 0) is 88.4 Å². The van der Waals surface area contributed by atoms with Gasteiger partial charge >= 0.3 is 12.4 Å². The van der Waals surface area contributed by atoms with Crippen LogP contribution in [0.5, 0.6) is 23.0 Å². The van der Waals surface area contributed by atoms with Gasteiger partial charge in [0.05, 0.1) is 36.5 Å². The number of anilines is 2. The number of nitrogens with one attached hydrogen (secondary N) is 4. The molecule has 58 heavy (non-hydrogen) atoms. The molecule has 0 aliphatic carbocycles. The minimum absolute atomic E-state index is 0.0748. The van der Waals surface area contributed by atoms with Gasteiger partial charge in [0.25, 0.3) is 23.6 Å². The third kappa shape index (κ3) is 11.3. The standard InChI is InChI=1S/C40H40F6N4O8/c1-21(2)47-37(53)27-13-15-29(55-5)35(57-19-31(51)49-25-11-7-9-23(17-25)39(41,42)43)33(27)34-28(38(54)48-22(3)4)14-16-30(56-6)36(34)58-20-32(52)50-26-12-8-10-24(18-26)40(44,45)46/h7-18,21-22H,19-20H2,1-6H3,(H,47,53)(H,48,54)(H,49,51)(H,50,52). The summed E-state index contributed by atoms with van der Waals surface area (Å²) in [5.41, 5.74) is -3.09. The number of amides is 4. The zero-order valence-corrected chi connectivity index (χ0v) is 32.0. The largest absolute Gasteiger partial charge is 0.493 e. The summed E-state index contributed by atoms with van der Waals surface area (Å²) in [6.45, 7) is 5.01. The van der Waals surface area contributed by atoms with Crippen molar-refractivity contribution in [3.63, 3.8) is 0 Å². The monoisotopic (exact) mass is 818 g/mol. The number of ether oxygens (including phenoxy) is 4. The normalized spacial score (nSPS) is 11.5. The Morgan fingerprint density at radius 2 is 0.931 bits per heavy atom. The van der Waals surface area contributed by atoms with Gasteiger partial charge in [-0.15, -0.1) is 0 Å². The molecule has 4 N–H and O–H groups in total. The minimum Gasteiger partial charge on any atom is -0.493 e. The second kappa shape index (κ2) is 18.7. The number of hydrogen-bond acceptors (Lipinski definition) is 8. The molecule has 0 unspecified atom stereocenters. The summed E-state index contributed by atoms with van der Waals surface area (Å²) in [6.07, 6.45) is -9.38. The molecule has 0 bridgehead atoms. The zero-order valence-electron chi connectivity index (χ0n) is 32.0. The number of halogens is 6. The first kappa shape index (κ1) is 44.3. The molecular weight excluding hydrogens is 778 g/mol. The van der Waals surface area contributed by atoms with Crippen molar-refractivity contribution in [3.05, 3.63) is 95.1 Å². The topological polar surface area (TPSA) is 153 Å². The fourth-order valence-electron chi connectivity index (χ4n) is 5.51. The van der Waals surface area contributed by atoms with E-state index in [2.05, 4.69) is 21.3 Å². The maximum Gasteiger partial charge on any atom is 0.416 e. The summed E-state index contributed by atoms with van der Waals surface area (Å²) in [7, 11) is 2.49. The van der Waals surface area contributed by atoms with E-state index in [1.165, 1.54) is 50.6 Å². The predicted octanol–water partition coefficient (Wildman–Crippen LogP) is 7.72. The number of benzene rings is 4. The molecule has 0 saturated heterocycles. The average molecular weight is 819 g/mol. The highest BCUT2D eigenvalue weighted by atomic mass is 19.4. The van der Waals surface area contributed by atoms with Gasteiger partial charge in [-0.3, -0.25) is 19.2 Å². The van der Waals surface area contributed by atoms with E-state index in [-0.39, 0.29) is 56.6 Å². The molecule has 0 saturated carbocycles. The van der Waals surface area contributed by atoms with E-state index in [1.807, 2.05) is 0 Å². The average Bonchev–Trinajstić information content (AvgIpc) is 3.14. The Balaban J connectivity index is 1.89. The molecule has 4 rings (SSSR count). The van der Waals surface area contributed by atoms with Crippen LogP contribution in [-0.2, 0) is 21.9 Å². The molecule has 0 atom stereocenters. The molecule has 0 aromatic heterocycles. The molecule has 4 aromatic rings. The zero-order chi connectivity index (χ0) is 42.9. The molecule has 310 valence electrons. The van der Waals surface area contributed by atoms with Crippen molar-refractivity contribution in [1.29, 1.82) is 0 Å². The lowest BCUT2D eigenvalue weighted by Gasteiger charge is -2.24. The van der Waals surface area contributed by atoms with Crippen LogP contribution in [0.25, 0.3) is 11.1 Å². The predicted molar refractivity (Wildman–Crippen MR) is 201 cm³/mol. The smallest absolute Gasteiger partial charge is 0.416 e. The van der Waals surface area contributed by atoms with E-state index in [9.17, 15) is 45.5 Å². The highest BCUT2D eigenvalue weighted by molar-refractivity contribution is 6.10. The Bertz CT molecular complexity index is 2000. The van der Waals surface area contributed by atoms with Crippen LogP contribution in [0.15, 0.2) is 72.8 Å². The SMILES string of the molecule is COc1ccc(C(=O)NC(C)C)c(-c2c(C(=O)NC(C)C)ccc(OC)c2OCC(=O)Nc2cccc(C(F)(F)F)c2)c1OCC(=O)Nc1cccc(C(F)(F)F)c1. The maximum absolute atomic E-state index is 13.9. The van der Waals surface area contributed by atoms with Crippen molar-refractivity contribution in [2.45, 2.75) is 52.1 Å². The first-order chi connectivity index (χ1) is 27.2. The molecule has 18 heteroatoms. The molecule has 0 fully saturated rings. The first-order valence-electron chi connectivity index (χ1n) is 17.5. The number of methoxy groups -OCH3 is 2. The van der Waals surface area contributed by atoms with Crippen molar-refractivity contribution in [2.24, 2.45) is 0 Å². The summed E-state index contributed by atoms with van der Waals surface area (Å²) in [4.78, 5) is 54.1. The van der Waals surface area contributed by atoms with Crippen LogP contribution < -0.4 is 40.2 Å². The first-order valence-corrected chi connectivity index (χ1v) is 17.5. The van der Waals surface area contributed by atoms with Crippen LogP contribution in [0.2, 0.25) is 0 Å². The van der Waals surface area contributed by atoms with Gasteiger partial charge in [0.2, 0.25) is 0 Å². The van der Waals surface area contributed by atoms with Gasteiger partial charge in [0.15, 0.2) is 36.2 Å². The molecule has 0 radical (unpaired) electrons. The second-order valence-corrected chi connectivity index (χ2v) is 13.1. The summed E-state index contributed by atoms with van der Waals surface area (Å²) < 4.78 is 103. The summed E-state index contributed by atoms with van der Waals surface area (Å²) in [6, 6.07) is 12.3. The third-order valence-electron chi connectivity index (χ3n) is 7.90. The van der Waals surface area contributed by atoms with E-state index in [1.54, 1.807) is 27.7 Å². The molecule has 0 heterocycles.